The van der Waals surface area contributed by atoms with Crippen LogP contribution >= 0.6 is 0 Å². The molecule has 4 fully saturated rings. The number of halogens is 1. The highest BCUT2D eigenvalue weighted by Gasteiger charge is 2.48. The third kappa shape index (κ3) is 7.74. The lowest BCUT2D eigenvalue weighted by Crippen LogP contribution is -2.56. The number of likely N-dealkylation sites (N-methyl/N-ethyl adjacent to an activating group) is 1. The van der Waals surface area contributed by atoms with Gasteiger partial charge in [0, 0.05) is 50.8 Å². The number of nitrogens with one attached hydrogen (secondary N) is 3. The Kier molecular flexibility index (Phi) is 10.2. The topological polar surface area (TPSA) is 129 Å². The number of amides is 4. The number of piperazine rings is 1. The molecule has 4 atom stereocenters. The van der Waals surface area contributed by atoms with E-state index in [1.165, 1.54) is 12.1 Å². The molecule has 4 aliphatic rings. The van der Waals surface area contributed by atoms with Crippen LogP contribution in [-0.2, 0) is 20.9 Å². The van der Waals surface area contributed by atoms with E-state index in [0.29, 0.717) is 48.6 Å². The molecule has 260 valence electrons. The number of aryl methyl sites for hydroxylation is 1. The highest BCUT2D eigenvalue weighted by atomic mass is 19.1. The maximum absolute atomic E-state index is 15.8. The van der Waals surface area contributed by atoms with Gasteiger partial charge in [-0.05, 0) is 99.9 Å². The van der Waals surface area contributed by atoms with Gasteiger partial charge in [-0.2, -0.15) is 5.10 Å². The molecule has 0 radical (unpaired) electrons. The second-order valence-electron chi connectivity index (χ2n) is 14.5. The first kappa shape index (κ1) is 34.1. The molecule has 1 saturated heterocycles. The smallest absolute Gasteiger partial charge is 0.270 e. The van der Waals surface area contributed by atoms with Crippen LogP contribution in [0.2, 0.25) is 0 Å². The van der Waals surface area contributed by atoms with Crippen molar-refractivity contribution in [1.82, 2.24) is 30.2 Å². The Morgan fingerprint density at radius 3 is 2.10 bits per heavy atom. The van der Waals surface area contributed by atoms with E-state index in [2.05, 4.69) is 25.9 Å². The van der Waals surface area contributed by atoms with Crippen LogP contribution in [0.1, 0.15) is 81.3 Å². The van der Waals surface area contributed by atoms with E-state index in [0.717, 1.165) is 51.6 Å². The minimum absolute atomic E-state index is 0.00692. The van der Waals surface area contributed by atoms with Crippen LogP contribution in [-0.4, -0.2) is 88.5 Å². The van der Waals surface area contributed by atoms with Crippen LogP contribution < -0.4 is 16.0 Å². The number of hydrogen-bond acceptors (Lipinski definition) is 6. The maximum atomic E-state index is 15.8. The minimum Gasteiger partial charge on any atom is -0.343 e. The van der Waals surface area contributed by atoms with Crippen molar-refractivity contribution in [2.75, 3.05) is 38.5 Å². The highest BCUT2D eigenvalue weighted by Crippen LogP contribution is 2.51. The average molecular weight is 664 g/mol. The Morgan fingerprint density at radius 2 is 1.52 bits per heavy atom. The lowest BCUT2D eigenvalue weighted by Gasteiger charge is -2.36. The van der Waals surface area contributed by atoms with Crippen molar-refractivity contribution >= 4 is 29.3 Å². The predicted octanol–water partition coefficient (Wildman–Crippen LogP) is 3.62. The monoisotopic (exact) mass is 663 g/mol. The molecule has 4 amide bonds. The van der Waals surface area contributed by atoms with E-state index in [9.17, 15) is 19.2 Å². The summed E-state index contributed by atoms with van der Waals surface area (Å²) in [4.78, 5) is 58.2. The molecule has 0 unspecified atom stereocenters. The van der Waals surface area contributed by atoms with Crippen molar-refractivity contribution in [3.8, 4) is 0 Å². The lowest BCUT2D eigenvalue weighted by molar-refractivity contribution is -0.139. The van der Waals surface area contributed by atoms with Crippen molar-refractivity contribution in [2.24, 2.45) is 29.6 Å². The Morgan fingerprint density at radius 1 is 0.875 bits per heavy atom. The standard InChI is InChI=1S/C36H50FN7O4/c1-5-44-29(14-15-38-44)34(46)41-32(30(24-8-9-24)25-10-11-25)35(47)39-28-13-12-26(20-27(28)37)21(2)31(40-33(45)22(3)23-6-7-23)36(48)43-18-16-42(4)17-19-43/h12-15,20-25,30-32H,5-11,16-19H2,1-4H3,(H,39,47)(H,40,45)(H,41,46)/t21-,22+,31+,32-/m0/s1. The summed E-state index contributed by atoms with van der Waals surface area (Å²) >= 11 is 0. The summed E-state index contributed by atoms with van der Waals surface area (Å²) in [5.74, 6) is -1.47. The first-order valence-corrected chi connectivity index (χ1v) is 17.8. The normalized spacial score (nSPS) is 20.9. The van der Waals surface area contributed by atoms with Gasteiger partial charge in [0.25, 0.3) is 5.91 Å². The molecule has 3 N–H and O–H groups in total. The minimum atomic E-state index is -0.851. The van der Waals surface area contributed by atoms with Crippen molar-refractivity contribution in [3.05, 3.63) is 47.5 Å². The molecule has 3 aliphatic carbocycles. The molecule has 11 nitrogen and oxygen atoms in total. The molecule has 48 heavy (non-hydrogen) atoms. The molecule has 1 aromatic carbocycles. The third-order valence-electron chi connectivity index (χ3n) is 10.9. The Labute approximate surface area is 282 Å². The van der Waals surface area contributed by atoms with Gasteiger partial charge < -0.3 is 25.8 Å². The fraction of sp³-hybridized carbons (Fsp3) is 0.639. The molecule has 2 aromatic rings. The van der Waals surface area contributed by atoms with Crippen LogP contribution in [0.3, 0.4) is 0 Å². The average Bonchev–Trinajstić information content (AvgIpc) is 3.94. The number of hydrogen-bond donors (Lipinski definition) is 3. The van der Waals surface area contributed by atoms with Gasteiger partial charge >= 0.3 is 0 Å². The van der Waals surface area contributed by atoms with Gasteiger partial charge in [0.15, 0.2) is 0 Å². The first-order valence-electron chi connectivity index (χ1n) is 17.8. The second-order valence-corrected chi connectivity index (χ2v) is 14.5. The fourth-order valence-electron chi connectivity index (χ4n) is 7.26. The van der Waals surface area contributed by atoms with Gasteiger partial charge in [0.05, 0.1) is 5.69 Å². The van der Waals surface area contributed by atoms with Crippen molar-refractivity contribution in [2.45, 2.75) is 83.8 Å². The number of anilines is 1. The summed E-state index contributed by atoms with van der Waals surface area (Å²) in [6.45, 7) is 8.75. The van der Waals surface area contributed by atoms with E-state index in [-0.39, 0.29) is 35.2 Å². The molecule has 1 aromatic heterocycles. The Balaban J connectivity index is 1.19. The summed E-state index contributed by atoms with van der Waals surface area (Å²) in [7, 11) is 2.01. The van der Waals surface area contributed by atoms with E-state index >= 15 is 4.39 Å². The molecule has 6 rings (SSSR count). The van der Waals surface area contributed by atoms with Crippen LogP contribution in [0.25, 0.3) is 0 Å². The maximum Gasteiger partial charge on any atom is 0.270 e. The Bertz CT molecular complexity index is 1500. The molecule has 0 bridgehead atoms. The van der Waals surface area contributed by atoms with Crippen molar-refractivity contribution in [1.29, 1.82) is 0 Å². The van der Waals surface area contributed by atoms with Gasteiger partial charge in [-0.1, -0.05) is 19.9 Å². The van der Waals surface area contributed by atoms with E-state index < -0.39 is 29.7 Å². The molecule has 0 spiro atoms. The molecule has 2 heterocycles. The van der Waals surface area contributed by atoms with Gasteiger partial charge in [0.2, 0.25) is 17.7 Å². The van der Waals surface area contributed by atoms with Crippen LogP contribution in [0.4, 0.5) is 10.1 Å². The first-order chi connectivity index (χ1) is 23.0. The third-order valence-corrected chi connectivity index (χ3v) is 10.9. The zero-order chi connectivity index (χ0) is 34.1. The highest BCUT2D eigenvalue weighted by molar-refractivity contribution is 6.01. The van der Waals surface area contributed by atoms with Gasteiger partial charge in [-0.15, -0.1) is 0 Å². The van der Waals surface area contributed by atoms with E-state index in [1.54, 1.807) is 27.9 Å². The Hall–Kier alpha value is -3.80. The lowest BCUT2D eigenvalue weighted by atomic mass is 9.88. The number of benzene rings is 1. The SMILES string of the molecule is CCn1nccc1C(=O)N[C@H](C(=O)Nc1ccc([C@H](C)[C@@H](NC(=O)[C@H](C)C2CC2)C(=O)N2CCN(C)CC2)cc1F)C(C1CC1)C1CC1. The largest absolute Gasteiger partial charge is 0.343 e. The summed E-state index contributed by atoms with van der Waals surface area (Å²) in [5.41, 5.74) is 0.931. The van der Waals surface area contributed by atoms with Gasteiger partial charge in [-0.3, -0.25) is 23.9 Å². The van der Waals surface area contributed by atoms with Gasteiger partial charge in [-0.25, -0.2) is 4.39 Å². The molecule has 1 aliphatic heterocycles. The summed E-state index contributed by atoms with van der Waals surface area (Å²) in [6.07, 6.45) is 7.63. The molecule has 12 heteroatoms. The van der Waals surface area contributed by atoms with Crippen LogP contribution in [0, 0.1) is 35.4 Å². The molecule has 3 saturated carbocycles. The van der Waals surface area contributed by atoms with Crippen LogP contribution in [0.5, 0.6) is 0 Å². The zero-order valence-electron chi connectivity index (χ0n) is 28.6. The van der Waals surface area contributed by atoms with E-state index in [4.69, 9.17) is 0 Å². The van der Waals surface area contributed by atoms with Crippen LogP contribution in [0.15, 0.2) is 30.5 Å². The summed E-state index contributed by atoms with van der Waals surface area (Å²) < 4.78 is 17.4. The quantitative estimate of drug-likeness (QED) is 0.283. The summed E-state index contributed by atoms with van der Waals surface area (Å²) in [5, 5.41) is 13.0. The number of nitrogens with zero attached hydrogens (tertiary/aromatic N) is 4. The van der Waals surface area contributed by atoms with Gasteiger partial charge in [0.1, 0.15) is 23.6 Å². The van der Waals surface area contributed by atoms with E-state index in [1.807, 2.05) is 27.8 Å². The number of carbonyl (C=O) groups excluding carboxylic acids is 4. The summed E-state index contributed by atoms with van der Waals surface area (Å²) in [6, 6.07) is 4.53. The second kappa shape index (κ2) is 14.4. The van der Waals surface area contributed by atoms with Crippen molar-refractivity contribution in [3.63, 3.8) is 0 Å². The number of rotatable bonds is 14. The molecular formula is C36H50FN7O4. The van der Waals surface area contributed by atoms with Crippen molar-refractivity contribution < 1.29 is 23.6 Å². The fourth-order valence-corrected chi connectivity index (χ4v) is 7.26. The number of aromatic nitrogens is 2. The zero-order valence-corrected chi connectivity index (χ0v) is 28.6. The predicted molar refractivity (Wildman–Crippen MR) is 179 cm³/mol. The molecular weight excluding hydrogens is 613 g/mol. The number of carbonyl (C=O) groups is 4.